The molecule has 1 fully saturated rings. The maximum absolute atomic E-state index is 10.4. The second-order valence-corrected chi connectivity index (χ2v) is 4.91. The number of carboxylic acid groups (broad SMARTS) is 1. The fourth-order valence-electron chi connectivity index (χ4n) is 1.39. The Balaban J connectivity index is 2.06. The van der Waals surface area contributed by atoms with E-state index in [0.717, 1.165) is 0 Å². The van der Waals surface area contributed by atoms with E-state index < -0.39 is 24.4 Å². The molecule has 0 bridgehead atoms. The average molecular weight is 251 g/mol. The van der Waals surface area contributed by atoms with E-state index in [1.165, 1.54) is 11.8 Å². The molecule has 94 valence electrons. The molecule has 0 spiro atoms. The molecule has 7 heteroatoms. The Morgan fingerprint density at radius 3 is 2.75 bits per heavy atom. The summed E-state index contributed by atoms with van der Waals surface area (Å²) in [5.74, 6) is 0.253. The molecule has 0 aliphatic carbocycles. The summed E-state index contributed by atoms with van der Waals surface area (Å²) in [7, 11) is 0. The minimum atomic E-state index is -1.09. The number of rotatable bonds is 6. The van der Waals surface area contributed by atoms with E-state index in [4.69, 9.17) is 20.7 Å². The van der Waals surface area contributed by atoms with Gasteiger partial charge in [-0.25, -0.2) is 0 Å². The number of ether oxygens (including phenoxy) is 1. The maximum atomic E-state index is 10.4. The zero-order valence-corrected chi connectivity index (χ0v) is 9.60. The van der Waals surface area contributed by atoms with Crippen LogP contribution >= 0.6 is 11.8 Å². The highest BCUT2D eigenvalue weighted by molar-refractivity contribution is 7.99. The van der Waals surface area contributed by atoms with Gasteiger partial charge in [0.1, 0.15) is 12.1 Å². The van der Waals surface area contributed by atoms with Gasteiger partial charge in [-0.3, -0.25) is 4.79 Å². The van der Waals surface area contributed by atoms with Crippen LogP contribution in [0.25, 0.3) is 0 Å². The summed E-state index contributed by atoms with van der Waals surface area (Å²) in [6.07, 6.45) is -1.26. The number of aliphatic carboxylic acids is 1. The second-order valence-electron chi connectivity index (χ2n) is 3.76. The third kappa shape index (κ3) is 4.26. The van der Waals surface area contributed by atoms with Gasteiger partial charge in [-0.05, 0) is 12.2 Å². The first kappa shape index (κ1) is 13.7. The van der Waals surface area contributed by atoms with E-state index in [-0.39, 0.29) is 6.10 Å². The fraction of sp³-hybridized carbons (Fsp3) is 0.889. The molecule has 4 atom stereocenters. The van der Waals surface area contributed by atoms with Crippen LogP contribution in [0.4, 0.5) is 0 Å². The molecule has 1 aliphatic rings. The first-order chi connectivity index (χ1) is 7.50. The van der Waals surface area contributed by atoms with Gasteiger partial charge in [-0.2, -0.15) is 11.8 Å². The SMILES string of the molecule is N[C@@H](CCSC[C@@H]1C[C@@H](O)C(O)O1)C(=O)O. The number of carbonyl (C=O) groups is 1. The van der Waals surface area contributed by atoms with E-state index in [1.54, 1.807) is 0 Å². The smallest absolute Gasteiger partial charge is 0.320 e. The van der Waals surface area contributed by atoms with Crippen LogP contribution in [0.15, 0.2) is 0 Å². The highest BCUT2D eigenvalue weighted by atomic mass is 32.2. The molecular weight excluding hydrogens is 234 g/mol. The highest BCUT2D eigenvalue weighted by Gasteiger charge is 2.31. The van der Waals surface area contributed by atoms with Crippen molar-refractivity contribution >= 4 is 17.7 Å². The van der Waals surface area contributed by atoms with Crippen molar-refractivity contribution in [3.63, 3.8) is 0 Å². The lowest BCUT2D eigenvalue weighted by Crippen LogP contribution is -2.30. The van der Waals surface area contributed by atoms with E-state index in [1.807, 2.05) is 0 Å². The molecule has 0 saturated carbocycles. The Morgan fingerprint density at radius 1 is 1.56 bits per heavy atom. The van der Waals surface area contributed by atoms with Crippen LogP contribution in [0.5, 0.6) is 0 Å². The predicted molar refractivity (Wildman–Crippen MR) is 59.1 cm³/mol. The van der Waals surface area contributed by atoms with Crippen LogP contribution in [-0.2, 0) is 9.53 Å². The molecular formula is C9H17NO5S. The van der Waals surface area contributed by atoms with Crippen molar-refractivity contribution < 1.29 is 24.9 Å². The van der Waals surface area contributed by atoms with Gasteiger partial charge in [0.2, 0.25) is 0 Å². The first-order valence-electron chi connectivity index (χ1n) is 5.08. The molecule has 6 nitrogen and oxygen atoms in total. The van der Waals surface area contributed by atoms with Gasteiger partial charge >= 0.3 is 5.97 Å². The van der Waals surface area contributed by atoms with Gasteiger partial charge in [-0.1, -0.05) is 0 Å². The Hall–Kier alpha value is -0.340. The molecule has 1 rings (SSSR count). The number of aliphatic hydroxyl groups is 2. The molecule has 1 unspecified atom stereocenters. The number of hydrogen-bond acceptors (Lipinski definition) is 6. The fourth-order valence-corrected chi connectivity index (χ4v) is 2.45. The summed E-state index contributed by atoms with van der Waals surface area (Å²) in [5.41, 5.74) is 5.33. The normalized spacial score (nSPS) is 31.6. The van der Waals surface area contributed by atoms with Crippen LogP contribution < -0.4 is 5.73 Å². The van der Waals surface area contributed by atoms with Crippen LogP contribution in [0.3, 0.4) is 0 Å². The molecule has 1 heterocycles. The monoisotopic (exact) mass is 251 g/mol. The molecule has 16 heavy (non-hydrogen) atoms. The minimum absolute atomic E-state index is 0.170. The molecule has 1 aliphatic heterocycles. The Morgan fingerprint density at radius 2 is 2.25 bits per heavy atom. The van der Waals surface area contributed by atoms with E-state index in [2.05, 4.69) is 0 Å². The van der Waals surface area contributed by atoms with Gasteiger partial charge in [0, 0.05) is 12.2 Å². The molecule has 0 aromatic carbocycles. The van der Waals surface area contributed by atoms with Gasteiger partial charge in [0.15, 0.2) is 6.29 Å². The summed E-state index contributed by atoms with van der Waals surface area (Å²) < 4.78 is 5.07. The Kier molecular flexibility index (Phi) is 5.50. The molecule has 0 aromatic rings. The van der Waals surface area contributed by atoms with E-state index in [9.17, 15) is 9.90 Å². The summed E-state index contributed by atoms with van der Waals surface area (Å²) in [6, 6.07) is -0.826. The van der Waals surface area contributed by atoms with Crippen LogP contribution in [0.2, 0.25) is 0 Å². The number of thioether (sulfide) groups is 1. The lowest BCUT2D eigenvalue weighted by atomic mass is 10.2. The number of nitrogens with two attached hydrogens (primary N) is 1. The topological polar surface area (TPSA) is 113 Å². The molecule has 0 radical (unpaired) electrons. The van der Waals surface area contributed by atoms with E-state index in [0.29, 0.717) is 24.3 Å². The van der Waals surface area contributed by atoms with Crippen molar-refractivity contribution in [1.82, 2.24) is 0 Å². The third-order valence-electron chi connectivity index (χ3n) is 2.36. The minimum Gasteiger partial charge on any atom is -0.480 e. The molecule has 1 saturated heterocycles. The van der Waals surface area contributed by atoms with Crippen molar-refractivity contribution in [2.24, 2.45) is 5.73 Å². The standard InChI is InChI=1S/C9H17NO5S/c10-6(8(12)13)1-2-16-4-5-3-7(11)9(14)15-5/h5-7,9,11,14H,1-4,10H2,(H,12,13)/t5-,6-,7+,9?/m0/s1. The van der Waals surface area contributed by atoms with Crippen molar-refractivity contribution in [2.75, 3.05) is 11.5 Å². The zero-order chi connectivity index (χ0) is 12.1. The van der Waals surface area contributed by atoms with Crippen molar-refractivity contribution in [3.8, 4) is 0 Å². The molecule has 5 N–H and O–H groups in total. The van der Waals surface area contributed by atoms with E-state index >= 15 is 0 Å². The quantitative estimate of drug-likeness (QED) is 0.447. The second kappa shape index (κ2) is 6.41. The Labute approximate surface area is 97.8 Å². The summed E-state index contributed by atoms with van der Waals surface area (Å²) in [4.78, 5) is 10.4. The Bertz CT molecular complexity index is 230. The zero-order valence-electron chi connectivity index (χ0n) is 8.78. The van der Waals surface area contributed by atoms with Gasteiger partial charge in [0.25, 0.3) is 0 Å². The van der Waals surface area contributed by atoms with Crippen molar-refractivity contribution in [3.05, 3.63) is 0 Å². The largest absolute Gasteiger partial charge is 0.480 e. The van der Waals surface area contributed by atoms with Crippen molar-refractivity contribution in [1.29, 1.82) is 0 Å². The van der Waals surface area contributed by atoms with Gasteiger partial charge in [0.05, 0.1) is 6.10 Å². The molecule has 0 aromatic heterocycles. The summed E-state index contributed by atoms with van der Waals surface area (Å²) >= 11 is 1.51. The first-order valence-corrected chi connectivity index (χ1v) is 6.24. The molecule has 0 amide bonds. The lowest BCUT2D eigenvalue weighted by Gasteiger charge is -2.10. The predicted octanol–water partition coefficient (Wildman–Crippen LogP) is -1.01. The number of carboxylic acids is 1. The summed E-state index contributed by atoms with van der Waals surface area (Å²) in [6.45, 7) is 0. The average Bonchev–Trinajstić information content (AvgIpc) is 2.53. The van der Waals surface area contributed by atoms with Crippen LogP contribution in [-0.4, -0.2) is 57.3 Å². The number of aliphatic hydroxyl groups excluding tert-OH is 2. The third-order valence-corrected chi connectivity index (χ3v) is 3.49. The highest BCUT2D eigenvalue weighted by Crippen LogP contribution is 2.22. The van der Waals surface area contributed by atoms with Crippen molar-refractivity contribution in [2.45, 2.75) is 37.4 Å². The summed E-state index contributed by atoms with van der Waals surface area (Å²) in [5, 5.41) is 26.8. The maximum Gasteiger partial charge on any atom is 0.320 e. The van der Waals surface area contributed by atoms with Gasteiger partial charge in [-0.15, -0.1) is 0 Å². The van der Waals surface area contributed by atoms with Crippen LogP contribution in [0.1, 0.15) is 12.8 Å². The number of hydrogen-bond donors (Lipinski definition) is 4. The lowest BCUT2D eigenvalue weighted by molar-refractivity contribution is -0.138. The van der Waals surface area contributed by atoms with Gasteiger partial charge < -0.3 is 25.8 Å². The van der Waals surface area contributed by atoms with Crippen LogP contribution in [0, 0.1) is 0 Å².